The van der Waals surface area contributed by atoms with Crippen LogP contribution in [0.25, 0.3) is 0 Å². The van der Waals surface area contributed by atoms with Crippen molar-refractivity contribution in [3.63, 3.8) is 0 Å². The molecule has 47 heavy (non-hydrogen) atoms. The Morgan fingerprint density at radius 1 is 1.00 bits per heavy atom. The molecule has 3 heterocycles. The number of aliphatic hydroxyl groups excluding tert-OH is 1. The number of fused-ring (bicyclic) bond motifs is 2. The number of aromatic hydroxyl groups is 1. The monoisotopic (exact) mass is 646 g/mol. The van der Waals surface area contributed by atoms with Crippen molar-refractivity contribution in [1.82, 2.24) is 0 Å². The van der Waals surface area contributed by atoms with Gasteiger partial charge in [-0.15, -0.1) is 0 Å². The fourth-order valence-corrected chi connectivity index (χ4v) is 8.64. The molecular weight excluding hydrogens is 600 g/mol. The van der Waals surface area contributed by atoms with Crippen LogP contribution in [-0.4, -0.2) is 55.3 Å². The molecule has 1 spiro atoms. The van der Waals surface area contributed by atoms with Gasteiger partial charge >= 0.3 is 5.97 Å². The van der Waals surface area contributed by atoms with Crippen LogP contribution in [0.1, 0.15) is 115 Å². The number of carboxylic acids is 1. The zero-order chi connectivity index (χ0) is 34.4. The molecule has 0 aromatic heterocycles. The molecule has 2 fully saturated rings. The van der Waals surface area contributed by atoms with Crippen LogP contribution < -0.4 is 9.47 Å². The fraction of sp³-hybridized carbons (Fsp3) is 0.553. The van der Waals surface area contributed by atoms with E-state index in [2.05, 4.69) is 6.08 Å². The molecule has 6 aliphatic rings. The first-order valence-electron chi connectivity index (χ1n) is 16.5. The highest BCUT2D eigenvalue weighted by Gasteiger charge is 2.81. The van der Waals surface area contributed by atoms with E-state index in [4.69, 9.17) is 14.2 Å². The normalized spacial score (nSPS) is 32.7. The van der Waals surface area contributed by atoms with Crippen LogP contribution in [0.15, 0.2) is 46.6 Å². The van der Waals surface area contributed by atoms with E-state index in [0.29, 0.717) is 18.4 Å². The number of aliphatic carboxylic acids is 1. The van der Waals surface area contributed by atoms with E-state index in [1.54, 1.807) is 6.08 Å². The Labute approximate surface area is 276 Å². The summed E-state index contributed by atoms with van der Waals surface area (Å²) in [5.74, 6) is -2.90. The van der Waals surface area contributed by atoms with Crippen molar-refractivity contribution in [3.8, 4) is 17.2 Å². The van der Waals surface area contributed by atoms with Gasteiger partial charge in [0.1, 0.15) is 28.4 Å². The number of hydrogen-bond acceptors (Lipinski definition) is 8. The van der Waals surface area contributed by atoms with Crippen LogP contribution >= 0.6 is 0 Å². The number of carbonyl (C=O) groups is 3. The van der Waals surface area contributed by atoms with E-state index < -0.39 is 52.1 Å². The lowest BCUT2D eigenvalue weighted by Gasteiger charge is -2.56. The number of carboxylic acid groups (broad SMARTS) is 1. The highest BCUT2D eigenvalue weighted by molar-refractivity contribution is 6.18. The molecule has 7 rings (SSSR count). The molecule has 1 aromatic rings. The predicted octanol–water partition coefficient (Wildman–Crippen LogP) is 6.65. The molecule has 1 saturated heterocycles. The standard InChI is InChI=1S/C38H46O9/c1-19(2)10-9-14-36(8)18-25(39)27-30(41)28-29(40)24-16-22-17-26-35(6,7)47-37(33(22)42,15-13-21(5)34(43)44)38(24,26)46-32(28)23(31(27)45-36)12-11-20(3)4/h10-11,13,16,22,25-26,39,41H,9,12,14-15,17-18H2,1-8H3,(H,43,44)/b21-13-/t22-,25?,26+,36-,37+,38-/m1/s1. The number of hydrogen-bond donors (Lipinski definition) is 3. The molecule has 9 heteroatoms. The Morgan fingerprint density at radius 2 is 1.68 bits per heavy atom. The van der Waals surface area contributed by atoms with Crippen LogP contribution in [0.4, 0.5) is 0 Å². The number of phenols is 1. The number of Topliss-reactive ketones (excluding diaryl/α,β-unsaturated/α-hetero) is 2. The fourth-order valence-electron chi connectivity index (χ4n) is 8.64. The summed E-state index contributed by atoms with van der Waals surface area (Å²) in [6.45, 7) is 15.1. The molecular formula is C38H46O9. The number of aliphatic hydroxyl groups is 1. The van der Waals surface area contributed by atoms with Crippen LogP contribution in [0, 0.1) is 11.8 Å². The van der Waals surface area contributed by atoms with Gasteiger partial charge in [-0.05, 0) is 81.1 Å². The van der Waals surface area contributed by atoms with Crippen LogP contribution in [0.5, 0.6) is 17.2 Å². The van der Waals surface area contributed by atoms with Gasteiger partial charge in [-0.1, -0.05) is 35.5 Å². The minimum atomic E-state index is -1.67. The Kier molecular flexibility index (Phi) is 7.72. The van der Waals surface area contributed by atoms with Gasteiger partial charge in [-0.3, -0.25) is 9.59 Å². The van der Waals surface area contributed by atoms with Crippen LogP contribution in [0.3, 0.4) is 0 Å². The quantitative estimate of drug-likeness (QED) is 0.209. The van der Waals surface area contributed by atoms with Crippen molar-refractivity contribution in [1.29, 1.82) is 0 Å². The second-order valence-corrected chi connectivity index (χ2v) is 15.3. The smallest absolute Gasteiger partial charge is 0.330 e. The highest BCUT2D eigenvalue weighted by atomic mass is 16.6. The third-order valence-electron chi connectivity index (χ3n) is 10.9. The van der Waals surface area contributed by atoms with Crippen LogP contribution in [0.2, 0.25) is 0 Å². The minimum absolute atomic E-state index is 0.0497. The van der Waals surface area contributed by atoms with Gasteiger partial charge in [0.2, 0.25) is 0 Å². The number of carbonyl (C=O) groups excluding carboxylic acids is 2. The maximum Gasteiger partial charge on any atom is 0.330 e. The van der Waals surface area contributed by atoms with Crippen molar-refractivity contribution in [3.05, 3.63) is 63.3 Å². The van der Waals surface area contributed by atoms with Crippen molar-refractivity contribution in [2.45, 2.75) is 122 Å². The maximum absolute atomic E-state index is 14.8. The van der Waals surface area contributed by atoms with E-state index in [1.165, 1.54) is 18.6 Å². The summed E-state index contributed by atoms with van der Waals surface area (Å²) in [6.07, 6.45) is 8.28. The number of benzene rings is 1. The van der Waals surface area contributed by atoms with Crippen LogP contribution in [-0.2, 0) is 20.7 Å². The van der Waals surface area contributed by atoms with Gasteiger partial charge in [-0.25, -0.2) is 4.79 Å². The maximum atomic E-state index is 14.8. The average molecular weight is 647 g/mol. The largest absolute Gasteiger partial charge is 0.506 e. The molecule has 9 nitrogen and oxygen atoms in total. The Hall–Kier alpha value is -3.69. The van der Waals surface area contributed by atoms with E-state index in [1.807, 2.05) is 54.5 Å². The zero-order valence-electron chi connectivity index (χ0n) is 28.6. The highest BCUT2D eigenvalue weighted by Crippen LogP contribution is 2.69. The molecule has 3 N–H and O–H groups in total. The third kappa shape index (κ3) is 4.75. The topological polar surface area (TPSA) is 140 Å². The van der Waals surface area contributed by atoms with Gasteiger partial charge < -0.3 is 29.5 Å². The second kappa shape index (κ2) is 10.9. The van der Waals surface area contributed by atoms with Gasteiger partial charge in [0.15, 0.2) is 22.8 Å². The lowest BCUT2D eigenvalue weighted by Crippen LogP contribution is -2.72. The summed E-state index contributed by atoms with van der Waals surface area (Å²) in [4.78, 5) is 40.9. The minimum Gasteiger partial charge on any atom is -0.506 e. The number of phenolic OH excluding ortho intramolecular Hbond substituents is 1. The van der Waals surface area contributed by atoms with Gasteiger partial charge in [0, 0.05) is 41.4 Å². The molecule has 6 atom stereocenters. The average Bonchev–Trinajstić information content (AvgIpc) is 3.11. The van der Waals surface area contributed by atoms with E-state index >= 15 is 0 Å². The summed E-state index contributed by atoms with van der Waals surface area (Å²) in [6, 6.07) is 0. The third-order valence-corrected chi connectivity index (χ3v) is 10.9. The number of allylic oxidation sites excluding steroid dienone is 5. The van der Waals surface area contributed by atoms with Crippen molar-refractivity contribution < 1.29 is 43.9 Å². The zero-order valence-corrected chi connectivity index (χ0v) is 28.6. The second-order valence-electron chi connectivity index (χ2n) is 15.3. The summed E-state index contributed by atoms with van der Waals surface area (Å²) < 4.78 is 20.6. The number of ether oxygens (including phenoxy) is 3. The summed E-state index contributed by atoms with van der Waals surface area (Å²) in [5.41, 5.74) is -1.83. The Morgan fingerprint density at radius 3 is 2.32 bits per heavy atom. The van der Waals surface area contributed by atoms with Gasteiger partial charge in [-0.2, -0.15) is 0 Å². The lowest BCUT2D eigenvalue weighted by atomic mass is 9.51. The van der Waals surface area contributed by atoms with Crippen molar-refractivity contribution >= 4 is 17.5 Å². The predicted molar refractivity (Wildman–Crippen MR) is 175 cm³/mol. The van der Waals surface area contributed by atoms with E-state index in [9.17, 15) is 29.7 Å². The molecule has 4 bridgehead atoms. The molecule has 252 valence electrons. The van der Waals surface area contributed by atoms with E-state index in [0.717, 1.165) is 12.0 Å². The molecule has 3 aliphatic carbocycles. The number of rotatable bonds is 8. The van der Waals surface area contributed by atoms with Gasteiger partial charge in [0.25, 0.3) is 0 Å². The molecule has 0 radical (unpaired) electrons. The first kappa shape index (κ1) is 33.2. The molecule has 1 aromatic carbocycles. The first-order valence-corrected chi connectivity index (χ1v) is 16.5. The Balaban J connectivity index is 1.60. The number of ketones is 2. The van der Waals surface area contributed by atoms with Gasteiger partial charge in [0.05, 0.1) is 17.3 Å². The Bertz CT molecular complexity index is 1720. The lowest BCUT2D eigenvalue weighted by molar-refractivity contribution is -0.171. The molecule has 3 aliphatic heterocycles. The van der Waals surface area contributed by atoms with Crippen molar-refractivity contribution in [2.24, 2.45) is 11.8 Å². The summed E-state index contributed by atoms with van der Waals surface area (Å²) in [7, 11) is 0. The summed E-state index contributed by atoms with van der Waals surface area (Å²) in [5, 5.41) is 33.0. The molecule has 0 amide bonds. The molecule has 1 saturated carbocycles. The molecule has 1 unspecified atom stereocenters. The van der Waals surface area contributed by atoms with Crippen molar-refractivity contribution in [2.75, 3.05) is 0 Å². The summed E-state index contributed by atoms with van der Waals surface area (Å²) >= 11 is 0. The first-order chi connectivity index (χ1) is 21.9. The van der Waals surface area contributed by atoms with E-state index in [-0.39, 0.29) is 64.6 Å². The SMILES string of the molecule is CC(C)=CCC[C@]1(C)CC(O)c2c(O)c3c(c(CC=C(C)C)c2O1)O[C@]12C(=C[C@@H]4C[C@H]1C(C)(C)O[C@@]2(C/C=C(/C)C(=O)O)C4=O)C3=O.